The van der Waals surface area contributed by atoms with E-state index >= 15 is 0 Å². The van der Waals surface area contributed by atoms with Gasteiger partial charge < -0.3 is 10.2 Å². The van der Waals surface area contributed by atoms with Crippen LogP contribution in [-0.2, 0) is 22.7 Å². The topological polar surface area (TPSA) is 93.4 Å². The first-order valence-electron chi connectivity index (χ1n) is 11.0. The van der Waals surface area contributed by atoms with E-state index in [1.54, 1.807) is 53.4 Å². The SMILES string of the molecule is O=C(Cn1c(=O)c(=O)n(Cc2ccc(Cl)cc2)c2ccccc21)NCCCN1CCCC1=O. The number of fused-ring (bicyclic) bond motifs is 1. The lowest BCUT2D eigenvalue weighted by Gasteiger charge is -2.16. The van der Waals surface area contributed by atoms with Crippen molar-refractivity contribution in [2.45, 2.75) is 32.4 Å². The zero-order valence-electron chi connectivity index (χ0n) is 18.1. The molecule has 2 heterocycles. The van der Waals surface area contributed by atoms with Gasteiger partial charge in [0, 0.05) is 31.1 Å². The molecule has 4 rings (SSSR count). The second-order valence-corrected chi connectivity index (χ2v) is 8.52. The van der Waals surface area contributed by atoms with E-state index in [9.17, 15) is 19.2 Å². The molecule has 0 radical (unpaired) electrons. The highest BCUT2D eigenvalue weighted by Crippen LogP contribution is 2.14. The van der Waals surface area contributed by atoms with Gasteiger partial charge >= 0.3 is 11.1 Å². The first kappa shape index (κ1) is 22.8. The summed E-state index contributed by atoms with van der Waals surface area (Å²) >= 11 is 5.94. The van der Waals surface area contributed by atoms with Gasteiger partial charge in [-0.3, -0.25) is 28.3 Å². The van der Waals surface area contributed by atoms with Crippen LogP contribution in [0.1, 0.15) is 24.8 Å². The van der Waals surface area contributed by atoms with Crippen LogP contribution in [0.5, 0.6) is 0 Å². The second kappa shape index (κ2) is 10.0. The number of nitrogens with one attached hydrogen (secondary N) is 1. The third kappa shape index (κ3) is 5.17. The number of amides is 2. The largest absolute Gasteiger partial charge is 0.354 e. The molecule has 9 heteroatoms. The lowest BCUT2D eigenvalue weighted by Crippen LogP contribution is -2.44. The van der Waals surface area contributed by atoms with E-state index in [1.807, 2.05) is 0 Å². The molecule has 1 saturated heterocycles. The molecule has 172 valence electrons. The number of carbonyl (C=O) groups excluding carboxylic acids is 2. The van der Waals surface area contributed by atoms with Crippen LogP contribution in [0.15, 0.2) is 58.1 Å². The molecule has 0 atom stereocenters. The van der Waals surface area contributed by atoms with Crippen molar-refractivity contribution in [1.29, 1.82) is 0 Å². The summed E-state index contributed by atoms with van der Waals surface area (Å²) in [5.74, 6) is -0.205. The van der Waals surface area contributed by atoms with Crippen molar-refractivity contribution >= 4 is 34.4 Å². The predicted octanol–water partition coefficient (Wildman–Crippen LogP) is 1.99. The van der Waals surface area contributed by atoms with Crippen LogP contribution in [-0.4, -0.2) is 45.5 Å². The van der Waals surface area contributed by atoms with Crippen LogP contribution in [0, 0.1) is 0 Å². The Morgan fingerprint density at radius 2 is 1.61 bits per heavy atom. The zero-order chi connectivity index (χ0) is 23.4. The summed E-state index contributed by atoms with van der Waals surface area (Å²) in [6, 6.07) is 14.1. The molecular formula is C24H25ClN4O4. The van der Waals surface area contributed by atoms with Gasteiger partial charge in [-0.2, -0.15) is 0 Å². The van der Waals surface area contributed by atoms with Gasteiger partial charge in [-0.25, -0.2) is 0 Å². The average Bonchev–Trinajstić information content (AvgIpc) is 3.23. The Morgan fingerprint density at radius 3 is 2.27 bits per heavy atom. The number of aromatic nitrogens is 2. The summed E-state index contributed by atoms with van der Waals surface area (Å²) in [6.07, 6.45) is 2.10. The maximum absolute atomic E-state index is 12.9. The third-order valence-corrected chi connectivity index (χ3v) is 6.04. The van der Waals surface area contributed by atoms with Crippen LogP contribution in [0.4, 0.5) is 0 Å². The highest BCUT2D eigenvalue weighted by atomic mass is 35.5. The van der Waals surface area contributed by atoms with E-state index < -0.39 is 11.1 Å². The van der Waals surface area contributed by atoms with E-state index in [1.165, 1.54) is 9.13 Å². The number of benzene rings is 2. The Labute approximate surface area is 195 Å². The van der Waals surface area contributed by atoms with Crippen LogP contribution < -0.4 is 16.4 Å². The molecule has 0 spiro atoms. The Balaban J connectivity index is 1.51. The van der Waals surface area contributed by atoms with Crippen molar-refractivity contribution in [2.24, 2.45) is 0 Å². The highest BCUT2D eigenvalue weighted by Gasteiger charge is 2.19. The van der Waals surface area contributed by atoms with Gasteiger partial charge in [0.2, 0.25) is 11.8 Å². The van der Waals surface area contributed by atoms with E-state index in [4.69, 9.17) is 11.6 Å². The molecule has 0 unspecified atom stereocenters. The normalized spacial score (nSPS) is 13.6. The lowest BCUT2D eigenvalue weighted by atomic mass is 10.2. The fourth-order valence-electron chi connectivity index (χ4n) is 4.09. The maximum Gasteiger partial charge on any atom is 0.317 e. The molecule has 2 aromatic carbocycles. The molecule has 1 N–H and O–H groups in total. The number of para-hydroxylation sites is 2. The van der Waals surface area contributed by atoms with Crippen LogP contribution in [0.3, 0.4) is 0 Å². The Bertz CT molecular complexity index is 1300. The maximum atomic E-state index is 12.9. The summed E-state index contributed by atoms with van der Waals surface area (Å²) in [5.41, 5.74) is 0.466. The third-order valence-electron chi connectivity index (χ3n) is 5.79. The fraction of sp³-hybridized carbons (Fsp3) is 0.333. The summed E-state index contributed by atoms with van der Waals surface area (Å²) in [4.78, 5) is 51.8. The van der Waals surface area contributed by atoms with Crippen LogP contribution in [0.2, 0.25) is 5.02 Å². The van der Waals surface area contributed by atoms with Gasteiger partial charge in [-0.05, 0) is 42.7 Å². The van der Waals surface area contributed by atoms with E-state index in [-0.39, 0.29) is 24.9 Å². The zero-order valence-corrected chi connectivity index (χ0v) is 18.9. The van der Waals surface area contributed by atoms with Crippen molar-refractivity contribution < 1.29 is 9.59 Å². The summed E-state index contributed by atoms with van der Waals surface area (Å²) < 4.78 is 2.64. The van der Waals surface area contributed by atoms with Crippen molar-refractivity contribution in [1.82, 2.24) is 19.4 Å². The Kier molecular flexibility index (Phi) is 6.93. The lowest BCUT2D eigenvalue weighted by molar-refractivity contribution is -0.127. The first-order chi connectivity index (χ1) is 15.9. The molecule has 8 nitrogen and oxygen atoms in total. The number of likely N-dealkylation sites (tertiary alicyclic amines) is 1. The number of carbonyl (C=O) groups is 2. The van der Waals surface area contributed by atoms with Gasteiger partial charge in [-0.1, -0.05) is 35.9 Å². The summed E-state index contributed by atoms with van der Waals surface area (Å²) in [5, 5.41) is 3.37. The number of nitrogens with zero attached hydrogens (tertiary/aromatic N) is 3. The molecule has 0 saturated carbocycles. The molecule has 1 fully saturated rings. The van der Waals surface area contributed by atoms with Crippen molar-refractivity contribution in [3.8, 4) is 0 Å². The van der Waals surface area contributed by atoms with E-state index in [2.05, 4.69) is 5.32 Å². The monoisotopic (exact) mass is 468 g/mol. The first-order valence-corrected chi connectivity index (χ1v) is 11.3. The minimum Gasteiger partial charge on any atom is -0.354 e. The number of rotatable bonds is 8. The smallest absolute Gasteiger partial charge is 0.317 e. The molecule has 2 amide bonds. The van der Waals surface area contributed by atoms with E-state index in [0.717, 1.165) is 18.5 Å². The average molecular weight is 469 g/mol. The minimum absolute atomic E-state index is 0.151. The van der Waals surface area contributed by atoms with Gasteiger partial charge in [0.15, 0.2) is 0 Å². The quantitative estimate of drug-likeness (QED) is 0.404. The van der Waals surface area contributed by atoms with Crippen molar-refractivity contribution in [3.63, 3.8) is 0 Å². The van der Waals surface area contributed by atoms with Crippen molar-refractivity contribution in [2.75, 3.05) is 19.6 Å². The van der Waals surface area contributed by atoms with Gasteiger partial charge in [0.1, 0.15) is 6.54 Å². The molecular weight excluding hydrogens is 444 g/mol. The van der Waals surface area contributed by atoms with Crippen LogP contribution >= 0.6 is 11.6 Å². The standard InChI is InChI=1S/C24H25ClN4O4/c25-18-10-8-17(9-11-18)15-28-19-5-1-2-6-20(19)29(24(33)23(28)32)16-21(30)26-12-4-14-27-13-3-7-22(27)31/h1-2,5-6,8-11H,3-4,7,12-16H2,(H,26,30). The Hall–Kier alpha value is -3.39. The summed E-state index contributed by atoms with van der Waals surface area (Å²) in [7, 11) is 0. The molecule has 0 bridgehead atoms. The van der Waals surface area contributed by atoms with Gasteiger partial charge in [0.25, 0.3) is 0 Å². The molecule has 1 aliphatic heterocycles. The highest BCUT2D eigenvalue weighted by molar-refractivity contribution is 6.30. The van der Waals surface area contributed by atoms with Gasteiger partial charge in [0.05, 0.1) is 17.6 Å². The number of hydrogen-bond donors (Lipinski definition) is 1. The minimum atomic E-state index is -0.750. The van der Waals surface area contributed by atoms with Gasteiger partial charge in [-0.15, -0.1) is 0 Å². The molecule has 3 aromatic rings. The predicted molar refractivity (Wildman–Crippen MR) is 126 cm³/mol. The summed E-state index contributed by atoms with van der Waals surface area (Å²) in [6.45, 7) is 1.72. The molecule has 33 heavy (non-hydrogen) atoms. The Morgan fingerprint density at radius 1 is 0.939 bits per heavy atom. The number of halogens is 1. The number of hydrogen-bond acceptors (Lipinski definition) is 4. The molecule has 1 aromatic heterocycles. The van der Waals surface area contributed by atoms with Crippen molar-refractivity contribution in [3.05, 3.63) is 79.8 Å². The second-order valence-electron chi connectivity index (χ2n) is 8.09. The van der Waals surface area contributed by atoms with Crippen LogP contribution in [0.25, 0.3) is 11.0 Å². The fourth-order valence-corrected chi connectivity index (χ4v) is 4.22. The molecule has 0 aliphatic carbocycles. The molecule has 1 aliphatic rings. The van der Waals surface area contributed by atoms with E-state index in [0.29, 0.717) is 42.0 Å².